The fraction of sp³-hybridized carbons (Fsp3) is 0.368. The van der Waals surface area contributed by atoms with Gasteiger partial charge in [-0.05, 0) is 0 Å². The Balaban J connectivity index is 1.98. The summed E-state index contributed by atoms with van der Waals surface area (Å²) < 4.78 is 7.09. The van der Waals surface area contributed by atoms with Crippen molar-refractivity contribution in [2.75, 3.05) is 19.7 Å². The van der Waals surface area contributed by atoms with Gasteiger partial charge in [0.2, 0.25) is 0 Å². The van der Waals surface area contributed by atoms with Crippen molar-refractivity contribution in [1.82, 2.24) is 0 Å². The van der Waals surface area contributed by atoms with Crippen LogP contribution in [0.25, 0.3) is 0 Å². The maximum absolute atomic E-state index is 10.3. The number of rotatable bonds is 2. The molecule has 0 amide bonds. The van der Waals surface area contributed by atoms with Gasteiger partial charge in [0.05, 0.1) is 0 Å². The molecule has 1 aliphatic heterocycles. The molecule has 24 heavy (non-hydrogen) atoms. The van der Waals surface area contributed by atoms with E-state index in [9.17, 15) is 15.3 Å². The van der Waals surface area contributed by atoms with Gasteiger partial charge in [-0.3, -0.25) is 0 Å². The SMILES string of the molecule is CI(C)(C)(C)c1cc([C@@H]2CCc3c(O)cc(O)cc3O2)ccc1O. The summed E-state index contributed by atoms with van der Waals surface area (Å²) in [5.41, 5.74) is 1.76. The van der Waals surface area contributed by atoms with E-state index in [1.807, 2.05) is 6.07 Å². The van der Waals surface area contributed by atoms with Gasteiger partial charge in [0, 0.05) is 0 Å². The fourth-order valence-electron chi connectivity index (χ4n) is 3.02. The maximum atomic E-state index is 10.3. The molecule has 0 radical (unpaired) electrons. The number of alkyl halides is 4. The minimum absolute atomic E-state index is 0.00426. The van der Waals surface area contributed by atoms with Gasteiger partial charge in [-0.15, -0.1) is 0 Å². The van der Waals surface area contributed by atoms with E-state index < -0.39 is 17.0 Å². The molecule has 0 saturated carbocycles. The number of hydrogen-bond donors (Lipinski definition) is 3. The Hall–Kier alpha value is -1.63. The van der Waals surface area contributed by atoms with Crippen molar-refractivity contribution in [2.45, 2.75) is 18.9 Å². The molecule has 0 fully saturated rings. The molecule has 4 nitrogen and oxygen atoms in total. The van der Waals surface area contributed by atoms with Gasteiger partial charge in [-0.2, -0.15) is 0 Å². The van der Waals surface area contributed by atoms with E-state index in [0.717, 1.165) is 21.1 Å². The molecule has 2 aromatic carbocycles. The van der Waals surface area contributed by atoms with Crippen molar-refractivity contribution < 1.29 is 20.1 Å². The van der Waals surface area contributed by atoms with Crippen molar-refractivity contribution in [3.63, 3.8) is 0 Å². The first-order chi connectivity index (χ1) is 11.0. The van der Waals surface area contributed by atoms with Crippen LogP contribution in [0.2, 0.25) is 0 Å². The molecule has 3 rings (SSSR count). The Morgan fingerprint density at radius 1 is 0.958 bits per heavy atom. The average Bonchev–Trinajstić information content (AvgIpc) is 2.44. The van der Waals surface area contributed by atoms with Crippen LogP contribution in [0, 0.1) is 3.57 Å². The van der Waals surface area contributed by atoms with Crippen molar-refractivity contribution in [2.24, 2.45) is 0 Å². The Bertz CT molecular complexity index is 796. The van der Waals surface area contributed by atoms with Crippen LogP contribution in [-0.2, 0) is 6.42 Å². The van der Waals surface area contributed by atoms with E-state index in [1.54, 1.807) is 12.1 Å². The molecular formula is C19H25IO4. The standard InChI is InChI=1S/C19H25IO4/c1-20(2,3,4)15-9-12(5-7-16(15)22)18-8-6-14-17(23)10-13(21)11-19(14)24-18/h5,7,9-11,18,21-23H,6,8H2,1-4H3/t18-/m0/s1. The third kappa shape index (κ3) is 3.27. The average molecular weight is 444 g/mol. The Kier molecular flexibility index (Phi) is 3.90. The molecule has 0 spiro atoms. The Labute approximate surface area is 143 Å². The van der Waals surface area contributed by atoms with Crippen LogP contribution in [0.15, 0.2) is 30.3 Å². The van der Waals surface area contributed by atoms with E-state index in [-0.39, 0.29) is 17.6 Å². The monoisotopic (exact) mass is 444 g/mol. The van der Waals surface area contributed by atoms with Gasteiger partial charge in [-0.1, -0.05) is 0 Å². The second kappa shape index (κ2) is 5.44. The van der Waals surface area contributed by atoms with E-state index >= 15 is 0 Å². The van der Waals surface area contributed by atoms with Gasteiger partial charge in [0.15, 0.2) is 0 Å². The summed E-state index contributed by atoms with van der Waals surface area (Å²) in [5, 5.41) is 29.9. The van der Waals surface area contributed by atoms with Gasteiger partial charge in [-0.25, -0.2) is 0 Å². The van der Waals surface area contributed by atoms with Crippen LogP contribution in [0.4, 0.5) is 0 Å². The Morgan fingerprint density at radius 3 is 2.33 bits per heavy atom. The number of fused-ring (bicyclic) bond motifs is 1. The zero-order valence-corrected chi connectivity index (χ0v) is 16.7. The summed E-state index contributed by atoms with van der Waals surface area (Å²) in [6, 6.07) is 8.61. The zero-order chi connectivity index (χ0) is 17.7. The molecule has 0 saturated heterocycles. The molecule has 0 bridgehead atoms. The van der Waals surface area contributed by atoms with E-state index in [1.165, 1.54) is 6.07 Å². The van der Waals surface area contributed by atoms with Crippen LogP contribution in [-0.4, -0.2) is 35.0 Å². The summed E-state index contributed by atoms with van der Waals surface area (Å²) in [5.74, 6) is 0.957. The summed E-state index contributed by atoms with van der Waals surface area (Å²) in [6.45, 7) is 0. The number of phenolic OH excluding ortho intramolecular Hbond substituents is 3. The molecule has 1 heterocycles. The number of ether oxygens (including phenoxy) is 1. The van der Waals surface area contributed by atoms with Crippen LogP contribution in [0.5, 0.6) is 23.0 Å². The molecule has 132 valence electrons. The van der Waals surface area contributed by atoms with Crippen LogP contribution in [0.1, 0.15) is 23.7 Å². The van der Waals surface area contributed by atoms with Crippen LogP contribution in [0.3, 0.4) is 0 Å². The normalized spacial score (nSPS) is 19.0. The molecule has 1 aliphatic rings. The second-order valence-corrected chi connectivity index (χ2v) is 26.2. The molecule has 0 unspecified atom stereocenters. The topological polar surface area (TPSA) is 69.9 Å². The zero-order valence-electron chi connectivity index (χ0n) is 14.5. The predicted octanol–water partition coefficient (Wildman–Crippen LogP) is 4.14. The van der Waals surface area contributed by atoms with Crippen LogP contribution < -0.4 is 4.74 Å². The van der Waals surface area contributed by atoms with Gasteiger partial charge in [0.25, 0.3) is 0 Å². The van der Waals surface area contributed by atoms with Crippen molar-refractivity contribution in [3.05, 3.63) is 45.0 Å². The summed E-state index contributed by atoms with van der Waals surface area (Å²) in [7, 11) is 0. The van der Waals surface area contributed by atoms with Crippen molar-refractivity contribution >= 4 is 17.0 Å². The van der Waals surface area contributed by atoms with Gasteiger partial charge >= 0.3 is 144 Å². The molecule has 1 atom stereocenters. The molecular weight excluding hydrogens is 419 g/mol. The second-order valence-electron chi connectivity index (χ2n) is 7.82. The summed E-state index contributed by atoms with van der Waals surface area (Å²) >= 11 is -2.76. The van der Waals surface area contributed by atoms with Gasteiger partial charge in [0.1, 0.15) is 0 Å². The quantitative estimate of drug-likeness (QED) is 0.481. The van der Waals surface area contributed by atoms with Gasteiger partial charge < -0.3 is 0 Å². The predicted molar refractivity (Wildman–Crippen MR) is 106 cm³/mol. The molecule has 2 aromatic rings. The van der Waals surface area contributed by atoms with Crippen molar-refractivity contribution in [3.8, 4) is 23.0 Å². The number of hydrogen-bond acceptors (Lipinski definition) is 4. The molecule has 0 aromatic heterocycles. The number of benzene rings is 2. The first kappa shape index (κ1) is 17.2. The number of phenols is 3. The third-order valence-electron chi connectivity index (χ3n) is 4.25. The molecule has 3 N–H and O–H groups in total. The number of aromatic hydroxyl groups is 3. The fourth-order valence-corrected chi connectivity index (χ4v) is 7.02. The van der Waals surface area contributed by atoms with E-state index in [0.29, 0.717) is 17.9 Å². The third-order valence-corrected chi connectivity index (χ3v) is 9.77. The molecule has 5 heteroatoms. The number of halogens is 1. The van der Waals surface area contributed by atoms with E-state index in [2.05, 4.69) is 25.8 Å². The van der Waals surface area contributed by atoms with Crippen LogP contribution >= 0.6 is 17.0 Å². The molecule has 0 aliphatic carbocycles. The van der Waals surface area contributed by atoms with Crippen molar-refractivity contribution in [1.29, 1.82) is 0 Å². The summed E-state index contributed by atoms with van der Waals surface area (Å²) in [6.07, 6.45) is 1.29. The minimum atomic E-state index is -2.76. The van der Waals surface area contributed by atoms with E-state index in [4.69, 9.17) is 4.74 Å². The summed E-state index contributed by atoms with van der Waals surface area (Å²) in [4.78, 5) is 9.04. The first-order valence-electron chi connectivity index (χ1n) is 7.75. The first-order valence-corrected chi connectivity index (χ1v) is 17.5. The Morgan fingerprint density at radius 2 is 1.67 bits per heavy atom.